The second kappa shape index (κ2) is 5.76. The standard InChI is InChI=1S/C17H11F3N2O/c18-13-7-10-2-1-5-22(16(10)15(20)8-13)17(23)11-3-4-14(19)12(6-11)9-21/h3-4,6-8H,1-2,5H2. The number of amides is 1. The number of nitriles is 1. The highest BCUT2D eigenvalue weighted by molar-refractivity contribution is 6.07. The van der Waals surface area contributed by atoms with Crippen LogP contribution in [0.4, 0.5) is 18.9 Å². The Labute approximate surface area is 130 Å². The fraction of sp³-hybridized carbons (Fsp3) is 0.176. The summed E-state index contributed by atoms with van der Waals surface area (Å²) in [4.78, 5) is 13.8. The number of halogens is 3. The van der Waals surface area contributed by atoms with E-state index in [1.807, 2.05) is 0 Å². The summed E-state index contributed by atoms with van der Waals surface area (Å²) < 4.78 is 40.8. The lowest BCUT2D eigenvalue weighted by Gasteiger charge is -2.30. The molecule has 23 heavy (non-hydrogen) atoms. The summed E-state index contributed by atoms with van der Waals surface area (Å²) in [6.45, 7) is 0.271. The highest BCUT2D eigenvalue weighted by Crippen LogP contribution is 2.32. The number of benzene rings is 2. The number of nitrogens with zero attached hydrogens (tertiary/aromatic N) is 2. The van der Waals surface area contributed by atoms with Crippen molar-refractivity contribution >= 4 is 11.6 Å². The van der Waals surface area contributed by atoms with Crippen molar-refractivity contribution in [2.24, 2.45) is 0 Å². The highest BCUT2D eigenvalue weighted by atomic mass is 19.1. The minimum atomic E-state index is -0.810. The summed E-state index contributed by atoms with van der Waals surface area (Å²) in [5.41, 5.74) is 0.294. The minimum Gasteiger partial charge on any atom is -0.305 e. The summed E-state index contributed by atoms with van der Waals surface area (Å²) in [7, 11) is 0. The van der Waals surface area contributed by atoms with Crippen LogP contribution in [-0.4, -0.2) is 12.5 Å². The first kappa shape index (κ1) is 15.1. The molecule has 0 saturated heterocycles. The lowest BCUT2D eigenvalue weighted by molar-refractivity contribution is 0.0984. The largest absolute Gasteiger partial charge is 0.305 e. The van der Waals surface area contributed by atoms with E-state index in [0.29, 0.717) is 18.4 Å². The smallest absolute Gasteiger partial charge is 0.258 e. The van der Waals surface area contributed by atoms with Gasteiger partial charge in [0.1, 0.15) is 23.5 Å². The molecule has 3 nitrogen and oxygen atoms in total. The van der Waals surface area contributed by atoms with Gasteiger partial charge in [-0.05, 0) is 42.7 Å². The number of carbonyl (C=O) groups is 1. The van der Waals surface area contributed by atoms with Crippen molar-refractivity contribution in [1.82, 2.24) is 0 Å². The Morgan fingerprint density at radius 1 is 1.13 bits per heavy atom. The van der Waals surface area contributed by atoms with Crippen LogP contribution in [0, 0.1) is 28.8 Å². The van der Waals surface area contributed by atoms with Gasteiger partial charge in [-0.2, -0.15) is 5.26 Å². The van der Waals surface area contributed by atoms with Crippen molar-refractivity contribution < 1.29 is 18.0 Å². The molecule has 2 aromatic carbocycles. The maximum Gasteiger partial charge on any atom is 0.258 e. The maximum atomic E-state index is 14.1. The lowest BCUT2D eigenvalue weighted by atomic mass is 9.99. The van der Waals surface area contributed by atoms with E-state index < -0.39 is 23.4 Å². The molecule has 1 amide bonds. The number of fused-ring (bicyclic) bond motifs is 1. The Morgan fingerprint density at radius 3 is 2.65 bits per heavy atom. The molecule has 3 rings (SSSR count). The molecule has 1 aliphatic rings. The molecule has 1 heterocycles. The summed E-state index contributed by atoms with van der Waals surface area (Å²) >= 11 is 0. The van der Waals surface area contributed by atoms with Gasteiger partial charge >= 0.3 is 0 Å². The Bertz CT molecular complexity index is 842. The van der Waals surface area contributed by atoms with Gasteiger partial charge in [0.15, 0.2) is 0 Å². The Balaban J connectivity index is 2.04. The van der Waals surface area contributed by atoms with Crippen LogP contribution in [0.15, 0.2) is 30.3 Å². The molecule has 0 bridgehead atoms. The van der Waals surface area contributed by atoms with Gasteiger partial charge in [-0.25, -0.2) is 13.2 Å². The normalized spacial score (nSPS) is 13.4. The summed E-state index contributed by atoms with van der Waals surface area (Å²) in [5.74, 6) is -2.77. The van der Waals surface area contributed by atoms with Crippen LogP contribution in [0.2, 0.25) is 0 Å². The van der Waals surface area contributed by atoms with Crippen LogP contribution in [0.5, 0.6) is 0 Å². The molecule has 0 N–H and O–H groups in total. The Morgan fingerprint density at radius 2 is 1.91 bits per heavy atom. The van der Waals surface area contributed by atoms with Crippen molar-refractivity contribution in [3.8, 4) is 6.07 Å². The van der Waals surface area contributed by atoms with E-state index in [1.165, 1.54) is 17.0 Å². The van der Waals surface area contributed by atoms with E-state index in [9.17, 15) is 18.0 Å². The first-order valence-electron chi connectivity index (χ1n) is 7.00. The molecule has 0 unspecified atom stereocenters. The van der Waals surface area contributed by atoms with Gasteiger partial charge in [0.2, 0.25) is 0 Å². The molecular weight excluding hydrogens is 305 g/mol. The monoisotopic (exact) mass is 316 g/mol. The quantitative estimate of drug-likeness (QED) is 0.807. The molecule has 0 atom stereocenters. The molecule has 1 aliphatic heterocycles. The molecule has 0 radical (unpaired) electrons. The zero-order valence-electron chi connectivity index (χ0n) is 11.9. The van der Waals surface area contributed by atoms with Crippen molar-refractivity contribution in [3.63, 3.8) is 0 Å². The zero-order valence-corrected chi connectivity index (χ0v) is 11.9. The van der Waals surface area contributed by atoms with E-state index in [4.69, 9.17) is 5.26 Å². The molecule has 0 fully saturated rings. The number of aryl methyl sites for hydroxylation is 1. The third kappa shape index (κ3) is 2.66. The van der Waals surface area contributed by atoms with Gasteiger partial charge in [0, 0.05) is 18.2 Å². The fourth-order valence-electron chi connectivity index (χ4n) is 2.75. The second-order valence-corrected chi connectivity index (χ2v) is 5.26. The number of anilines is 1. The minimum absolute atomic E-state index is 0.0467. The van der Waals surface area contributed by atoms with Gasteiger partial charge in [0.05, 0.1) is 11.3 Å². The first-order valence-corrected chi connectivity index (χ1v) is 7.00. The Hall–Kier alpha value is -2.81. The predicted octanol–water partition coefficient (Wildman–Crippen LogP) is 3.57. The van der Waals surface area contributed by atoms with Gasteiger partial charge in [-0.1, -0.05) is 0 Å². The fourth-order valence-corrected chi connectivity index (χ4v) is 2.75. The average Bonchev–Trinajstić information content (AvgIpc) is 2.53. The molecule has 2 aromatic rings. The second-order valence-electron chi connectivity index (χ2n) is 5.26. The van der Waals surface area contributed by atoms with Crippen LogP contribution < -0.4 is 4.90 Å². The van der Waals surface area contributed by atoms with Crippen LogP contribution in [0.25, 0.3) is 0 Å². The molecule has 6 heteroatoms. The number of carbonyl (C=O) groups excluding carboxylic acids is 1. The van der Waals surface area contributed by atoms with E-state index in [0.717, 1.165) is 18.2 Å². The van der Waals surface area contributed by atoms with Crippen LogP contribution in [0.1, 0.15) is 27.9 Å². The van der Waals surface area contributed by atoms with Crippen molar-refractivity contribution in [1.29, 1.82) is 5.26 Å². The van der Waals surface area contributed by atoms with Gasteiger partial charge in [-0.15, -0.1) is 0 Å². The average molecular weight is 316 g/mol. The predicted molar refractivity (Wildman–Crippen MR) is 77.5 cm³/mol. The van der Waals surface area contributed by atoms with E-state index in [-0.39, 0.29) is 23.4 Å². The number of rotatable bonds is 1. The van der Waals surface area contributed by atoms with Gasteiger partial charge in [0.25, 0.3) is 5.91 Å². The highest BCUT2D eigenvalue weighted by Gasteiger charge is 2.27. The molecule has 0 spiro atoms. The van der Waals surface area contributed by atoms with Gasteiger partial charge in [-0.3, -0.25) is 4.79 Å². The summed E-state index contributed by atoms with van der Waals surface area (Å²) in [6.07, 6.45) is 1.04. The zero-order chi connectivity index (χ0) is 16.6. The molecule has 116 valence electrons. The molecule has 0 aliphatic carbocycles. The third-order valence-electron chi connectivity index (χ3n) is 3.78. The summed E-state index contributed by atoms with van der Waals surface area (Å²) in [6, 6.07) is 7.01. The third-order valence-corrected chi connectivity index (χ3v) is 3.78. The lowest BCUT2D eigenvalue weighted by Crippen LogP contribution is -2.36. The van der Waals surface area contributed by atoms with Crippen molar-refractivity contribution in [3.05, 3.63) is 64.5 Å². The molecule has 0 saturated carbocycles. The first-order chi connectivity index (χ1) is 11.0. The van der Waals surface area contributed by atoms with Crippen molar-refractivity contribution in [2.75, 3.05) is 11.4 Å². The topological polar surface area (TPSA) is 44.1 Å². The number of hydrogen-bond acceptors (Lipinski definition) is 2. The van der Waals surface area contributed by atoms with E-state index >= 15 is 0 Å². The Kier molecular flexibility index (Phi) is 3.78. The SMILES string of the molecule is N#Cc1cc(C(=O)N2CCCc3cc(F)cc(F)c32)ccc1F. The van der Waals surface area contributed by atoms with Crippen LogP contribution in [-0.2, 0) is 6.42 Å². The summed E-state index contributed by atoms with van der Waals surface area (Å²) in [5, 5.41) is 8.85. The van der Waals surface area contributed by atoms with Crippen molar-refractivity contribution in [2.45, 2.75) is 12.8 Å². The molecular formula is C17H11F3N2O. The maximum absolute atomic E-state index is 14.1. The number of hydrogen-bond donors (Lipinski definition) is 0. The van der Waals surface area contributed by atoms with E-state index in [2.05, 4.69) is 0 Å². The molecule has 0 aromatic heterocycles. The van der Waals surface area contributed by atoms with Crippen LogP contribution >= 0.6 is 0 Å². The van der Waals surface area contributed by atoms with E-state index in [1.54, 1.807) is 6.07 Å². The van der Waals surface area contributed by atoms with Crippen LogP contribution in [0.3, 0.4) is 0 Å². The van der Waals surface area contributed by atoms with Gasteiger partial charge < -0.3 is 4.90 Å².